The highest BCUT2D eigenvalue weighted by Crippen LogP contribution is 2.29. The fourth-order valence-corrected chi connectivity index (χ4v) is 3.58. The molecule has 1 N–H and O–H groups in total. The minimum Gasteiger partial charge on any atom is -0.493 e. The first kappa shape index (κ1) is 23.0. The second-order valence-corrected chi connectivity index (χ2v) is 8.18. The van der Waals surface area contributed by atoms with Crippen LogP contribution in [0, 0.1) is 0 Å². The van der Waals surface area contributed by atoms with Gasteiger partial charge >= 0.3 is 0 Å². The summed E-state index contributed by atoms with van der Waals surface area (Å²) in [5.41, 5.74) is 4.30. The number of carbonyl (C=O) groups excluding carboxylic acids is 1. The zero-order valence-electron chi connectivity index (χ0n) is 19.7. The van der Waals surface area contributed by atoms with Gasteiger partial charge in [0, 0.05) is 16.8 Å². The van der Waals surface area contributed by atoms with Crippen LogP contribution in [0.4, 0.5) is 5.69 Å². The molecule has 34 heavy (non-hydrogen) atoms. The van der Waals surface area contributed by atoms with Crippen molar-refractivity contribution in [2.24, 2.45) is 0 Å². The predicted molar refractivity (Wildman–Crippen MR) is 131 cm³/mol. The SMILES string of the molecule is COc1ccc(CC(=O)Nc2cccc(-c3nnc(-c4ccc(C(C)C)cc4)o3)c2)cc1OC. The molecule has 0 aliphatic heterocycles. The summed E-state index contributed by atoms with van der Waals surface area (Å²) >= 11 is 0. The number of hydrogen-bond acceptors (Lipinski definition) is 6. The van der Waals surface area contributed by atoms with E-state index in [1.807, 2.05) is 42.5 Å². The molecular weight excluding hydrogens is 430 g/mol. The first-order chi connectivity index (χ1) is 16.5. The Bertz CT molecular complexity index is 1280. The highest BCUT2D eigenvalue weighted by Gasteiger charge is 2.13. The van der Waals surface area contributed by atoms with Gasteiger partial charge in [0.2, 0.25) is 17.7 Å². The number of hydrogen-bond donors (Lipinski definition) is 1. The van der Waals surface area contributed by atoms with Crippen molar-refractivity contribution in [1.29, 1.82) is 0 Å². The summed E-state index contributed by atoms with van der Waals surface area (Å²) in [5, 5.41) is 11.3. The molecule has 7 nitrogen and oxygen atoms in total. The molecule has 1 amide bonds. The van der Waals surface area contributed by atoms with Gasteiger partial charge in [-0.2, -0.15) is 0 Å². The molecule has 7 heteroatoms. The first-order valence-electron chi connectivity index (χ1n) is 11.0. The molecule has 4 aromatic rings. The molecule has 0 saturated heterocycles. The lowest BCUT2D eigenvalue weighted by molar-refractivity contribution is -0.115. The average Bonchev–Trinajstić information content (AvgIpc) is 3.34. The molecular formula is C27H27N3O4. The Morgan fingerprint density at radius 2 is 1.59 bits per heavy atom. The third kappa shape index (κ3) is 5.26. The van der Waals surface area contributed by atoms with E-state index in [4.69, 9.17) is 13.9 Å². The van der Waals surface area contributed by atoms with E-state index < -0.39 is 0 Å². The maximum absolute atomic E-state index is 12.6. The Hall–Kier alpha value is -4.13. The Balaban J connectivity index is 1.46. The van der Waals surface area contributed by atoms with Crippen molar-refractivity contribution in [1.82, 2.24) is 10.2 Å². The highest BCUT2D eigenvalue weighted by molar-refractivity contribution is 5.92. The van der Waals surface area contributed by atoms with Gasteiger partial charge in [0.1, 0.15) is 0 Å². The van der Waals surface area contributed by atoms with Crippen LogP contribution >= 0.6 is 0 Å². The Morgan fingerprint density at radius 3 is 2.26 bits per heavy atom. The lowest BCUT2D eigenvalue weighted by Gasteiger charge is -2.10. The van der Waals surface area contributed by atoms with Gasteiger partial charge in [-0.25, -0.2) is 0 Å². The molecule has 4 rings (SSSR count). The van der Waals surface area contributed by atoms with Crippen molar-refractivity contribution in [2.75, 3.05) is 19.5 Å². The molecule has 0 bridgehead atoms. The standard InChI is InChI=1S/C27H27N3O4/c1-17(2)19-9-11-20(12-10-19)26-29-30-27(34-26)21-6-5-7-22(16-21)28-25(31)15-18-8-13-23(32-3)24(14-18)33-4/h5-14,16-17H,15H2,1-4H3,(H,28,31). The molecule has 3 aromatic carbocycles. The van der Waals surface area contributed by atoms with Gasteiger partial charge in [0.05, 0.1) is 20.6 Å². The fraction of sp³-hybridized carbons (Fsp3) is 0.222. The minimum atomic E-state index is -0.152. The van der Waals surface area contributed by atoms with Gasteiger partial charge in [-0.1, -0.05) is 38.1 Å². The predicted octanol–water partition coefficient (Wildman–Crippen LogP) is 5.73. The minimum absolute atomic E-state index is 0.152. The van der Waals surface area contributed by atoms with Crippen molar-refractivity contribution >= 4 is 11.6 Å². The number of ether oxygens (including phenoxy) is 2. The van der Waals surface area contributed by atoms with Crippen LogP contribution in [0.3, 0.4) is 0 Å². The van der Waals surface area contributed by atoms with Crippen molar-refractivity contribution < 1.29 is 18.7 Å². The third-order valence-electron chi connectivity index (χ3n) is 5.46. The van der Waals surface area contributed by atoms with Gasteiger partial charge in [0.25, 0.3) is 0 Å². The topological polar surface area (TPSA) is 86.5 Å². The first-order valence-corrected chi connectivity index (χ1v) is 11.0. The maximum atomic E-state index is 12.6. The largest absolute Gasteiger partial charge is 0.493 e. The molecule has 0 saturated carbocycles. The van der Waals surface area contributed by atoms with Crippen LogP contribution in [0.15, 0.2) is 71.1 Å². The summed E-state index contributed by atoms with van der Waals surface area (Å²) in [6, 6.07) is 20.8. The van der Waals surface area contributed by atoms with Crippen molar-refractivity contribution in [3.8, 4) is 34.4 Å². The van der Waals surface area contributed by atoms with E-state index in [-0.39, 0.29) is 12.3 Å². The van der Waals surface area contributed by atoms with Gasteiger partial charge in [-0.3, -0.25) is 4.79 Å². The van der Waals surface area contributed by atoms with E-state index in [1.54, 1.807) is 26.4 Å². The fourth-order valence-electron chi connectivity index (χ4n) is 3.58. The zero-order valence-corrected chi connectivity index (χ0v) is 19.7. The summed E-state index contributed by atoms with van der Waals surface area (Å²) in [6.45, 7) is 4.30. The van der Waals surface area contributed by atoms with E-state index in [2.05, 4.69) is 41.5 Å². The van der Waals surface area contributed by atoms with E-state index in [1.165, 1.54) is 5.56 Å². The number of rotatable bonds is 8. The lowest BCUT2D eigenvalue weighted by Crippen LogP contribution is -2.14. The monoisotopic (exact) mass is 457 g/mol. The van der Waals surface area contributed by atoms with E-state index in [0.717, 1.165) is 16.7 Å². The molecule has 1 heterocycles. The molecule has 0 aliphatic rings. The number of carbonyl (C=O) groups is 1. The Kier molecular flexibility index (Phi) is 6.92. The number of benzene rings is 3. The molecule has 0 radical (unpaired) electrons. The smallest absolute Gasteiger partial charge is 0.248 e. The molecule has 0 fully saturated rings. The summed E-state index contributed by atoms with van der Waals surface area (Å²) in [7, 11) is 3.14. The molecule has 0 atom stereocenters. The van der Waals surface area contributed by atoms with Gasteiger partial charge < -0.3 is 19.2 Å². The second-order valence-electron chi connectivity index (χ2n) is 8.18. The van der Waals surface area contributed by atoms with Crippen LogP contribution in [0.5, 0.6) is 11.5 Å². The highest BCUT2D eigenvalue weighted by atomic mass is 16.5. The summed E-state index contributed by atoms with van der Waals surface area (Å²) in [6.07, 6.45) is 0.196. The Labute approximate surface area is 198 Å². The number of methoxy groups -OCH3 is 2. The summed E-state index contributed by atoms with van der Waals surface area (Å²) < 4.78 is 16.5. The van der Waals surface area contributed by atoms with Crippen molar-refractivity contribution in [3.05, 3.63) is 77.9 Å². The van der Waals surface area contributed by atoms with Crippen molar-refractivity contribution in [3.63, 3.8) is 0 Å². The molecule has 0 spiro atoms. The van der Waals surface area contributed by atoms with E-state index >= 15 is 0 Å². The van der Waals surface area contributed by atoms with Gasteiger partial charge in [-0.15, -0.1) is 10.2 Å². The molecule has 0 unspecified atom stereocenters. The molecule has 1 aromatic heterocycles. The van der Waals surface area contributed by atoms with Crippen LogP contribution in [0.25, 0.3) is 22.9 Å². The lowest BCUT2D eigenvalue weighted by atomic mass is 10.0. The van der Waals surface area contributed by atoms with E-state index in [9.17, 15) is 4.79 Å². The van der Waals surface area contributed by atoms with Gasteiger partial charge in [0.15, 0.2) is 11.5 Å². The zero-order chi connectivity index (χ0) is 24.1. The van der Waals surface area contributed by atoms with Crippen LogP contribution in [-0.2, 0) is 11.2 Å². The number of nitrogens with one attached hydrogen (secondary N) is 1. The third-order valence-corrected chi connectivity index (χ3v) is 5.46. The number of nitrogens with zero attached hydrogens (tertiary/aromatic N) is 2. The van der Waals surface area contributed by atoms with E-state index in [0.29, 0.717) is 34.9 Å². The van der Waals surface area contributed by atoms with Crippen LogP contribution < -0.4 is 14.8 Å². The van der Waals surface area contributed by atoms with Gasteiger partial charge in [-0.05, 0) is 59.5 Å². The summed E-state index contributed by atoms with van der Waals surface area (Å²) in [5.74, 6) is 2.35. The Morgan fingerprint density at radius 1 is 0.882 bits per heavy atom. The number of amides is 1. The summed E-state index contributed by atoms with van der Waals surface area (Å²) in [4.78, 5) is 12.6. The quantitative estimate of drug-likeness (QED) is 0.364. The number of aromatic nitrogens is 2. The van der Waals surface area contributed by atoms with Crippen LogP contribution in [0.2, 0.25) is 0 Å². The van der Waals surface area contributed by atoms with Crippen LogP contribution in [0.1, 0.15) is 30.9 Å². The molecule has 174 valence electrons. The number of anilines is 1. The average molecular weight is 458 g/mol. The normalized spacial score (nSPS) is 10.9. The van der Waals surface area contributed by atoms with Crippen molar-refractivity contribution in [2.45, 2.75) is 26.2 Å². The molecule has 0 aliphatic carbocycles. The second kappa shape index (κ2) is 10.2. The van der Waals surface area contributed by atoms with Crippen LogP contribution in [-0.4, -0.2) is 30.3 Å². The maximum Gasteiger partial charge on any atom is 0.248 e.